The number of carbonyl (C=O) groups is 1. The van der Waals surface area contributed by atoms with Crippen LogP contribution >= 0.6 is 0 Å². The third-order valence-corrected chi connectivity index (χ3v) is 2.38. The Bertz CT molecular complexity index is 371. The van der Waals surface area contributed by atoms with Crippen molar-refractivity contribution >= 4 is 5.97 Å². The quantitative estimate of drug-likeness (QED) is 0.732. The number of hydrogen-bond donors (Lipinski definition) is 3. The molecule has 0 spiro atoms. The first kappa shape index (κ1) is 12.4. The van der Waals surface area contributed by atoms with Crippen LogP contribution in [0.25, 0.3) is 0 Å². The average molecular weight is 228 g/mol. The van der Waals surface area contributed by atoms with Crippen molar-refractivity contribution < 1.29 is 24.5 Å². The van der Waals surface area contributed by atoms with Crippen molar-refractivity contribution in [2.24, 2.45) is 5.92 Å². The maximum Gasteiger partial charge on any atom is 0.309 e. The number of benzene rings is 1. The highest BCUT2D eigenvalue weighted by Crippen LogP contribution is 2.28. The number of aliphatic hydroxyl groups excluding tert-OH is 1. The van der Waals surface area contributed by atoms with Crippen LogP contribution in [0.5, 0.6) is 5.75 Å². The lowest BCUT2D eigenvalue weighted by atomic mass is 9.93. The van der Waals surface area contributed by atoms with Gasteiger partial charge in [0, 0.05) is 6.07 Å². The fourth-order valence-corrected chi connectivity index (χ4v) is 1.53. The Morgan fingerprint density at radius 1 is 1.44 bits per heavy atom. The lowest BCUT2D eigenvalue weighted by Crippen LogP contribution is -2.21. The van der Waals surface area contributed by atoms with Gasteiger partial charge in [0.25, 0.3) is 0 Å². The first-order valence-corrected chi connectivity index (χ1v) is 4.86. The molecule has 0 aliphatic carbocycles. The summed E-state index contributed by atoms with van der Waals surface area (Å²) in [6.45, 7) is 1.61. The molecule has 1 rings (SSSR count). The molecule has 2 unspecified atom stereocenters. The monoisotopic (exact) mass is 228 g/mol. The van der Waals surface area contributed by atoms with Crippen LogP contribution in [0.1, 0.15) is 25.0 Å². The van der Waals surface area contributed by atoms with Crippen molar-refractivity contribution in [3.8, 4) is 5.75 Å². The van der Waals surface area contributed by atoms with Gasteiger partial charge >= 0.3 is 5.97 Å². The molecule has 0 heterocycles. The molecule has 0 aliphatic heterocycles. The van der Waals surface area contributed by atoms with E-state index >= 15 is 0 Å². The molecule has 2 atom stereocenters. The molecule has 16 heavy (non-hydrogen) atoms. The number of phenolic OH excluding ortho intramolecular Hbond substituents is 1. The van der Waals surface area contributed by atoms with Gasteiger partial charge in [0.1, 0.15) is 11.6 Å². The number of carboxylic acids is 1. The summed E-state index contributed by atoms with van der Waals surface area (Å²) >= 11 is 0. The van der Waals surface area contributed by atoms with Gasteiger partial charge in [0.2, 0.25) is 0 Å². The number of hydrogen-bond acceptors (Lipinski definition) is 3. The number of aromatic hydroxyl groups is 1. The second-order valence-corrected chi connectivity index (χ2v) is 3.54. The number of halogens is 1. The molecule has 0 fully saturated rings. The van der Waals surface area contributed by atoms with E-state index in [4.69, 9.17) is 10.2 Å². The summed E-state index contributed by atoms with van der Waals surface area (Å²) in [5.41, 5.74) is 0.0618. The summed E-state index contributed by atoms with van der Waals surface area (Å²) in [6, 6.07) is 3.05. The van der Waals surface area contributed by atoms with Crippen molar-refractivity contribution in [2.75, 3.05) is 0 Å². The molecule has 0 saturated heterocycles. The molecule has 0 amide bonds. The number of aliphatic hydroxyl groups is 1. The summed E-state index contributed by atoms with van der Waals surface area (Å²) in [5, 5.41) is 27.7. The number of phenols is 1. The lowest BCUT2D eigenvalue weighted by Gasteiger charge is -2.18. The van der Waals surface area contributed by atoms with Crippen molar-refractivity contribution in [3.05, 3.63) is 29.6 Å². The molecule has 0 saturated carbocycles. The highest BCUT2D eigenvalue weighted by Gasteiger charge is 2.26. The van der Waals surface area contributed by atoms with Gasteiger partial charge in [-0.05, 0) is 24.1 Å². The van der Waals surface area contributed by atoms with E-state index in [1.165, 1.54) is 0 Å². The van der Waals surface area contributed by atoms with Gasteiger partial charge in [0.15, 0.2) is 0 Å². The zero-order valence-electron chi connectivity index (χ0n) is 8.72. The summed E-state index contributed by atoms with van der Waals surface area (Å²) in [7, 11) is 0. The molecule has 1 aromatic carbocycles. The zero-order chi connectivity index (χ0) is 12.3. The second-order valence-electron chi connectivity index (χ2n) is 3.54. The normalized spacial score (nSPS) is 14.4. The van der Waals surface area contributed by atoms with Crippen LogP contribution in [0.15, 0.2) is 18.2 Å². The largest absolute Gasteiger partial charge is 0.508 e. The van der Waals surface area contributed by atoms with Crippen LogP contribution in [0.3, 0.4) is 0 Å². The van der Waals surface area contributed by atoms with Crippen molar-refractivity contribution in [1.29, 1.82) is 0 Å². The second kappa shape index (κ2) is 4.94. The van der Waals surface area contributed by atoms with Gasteiger partial charge in [-0.15, -0.1) is 0 Å². The Morgan fingerprint density at radius 3 is 2.50 bits per heavy atom. The third-order valence-electron chi connectivity index (χ3n) is 2.38. The summed E-state index contributed by atoms with van der Waals surface area (Å²) < 4.78 is 12.9. The van der Waals surface area contributed by atoms with Crippen molar-refractivity contribution in [1.82, 2.24) is 0 Å². The van der Waals surface area contributed by atoms with Crippen LogP contribution in [0, 0.1) is 11.7 Å². The number of carboxylic acid groups (broad SMARTS) is 1. The van der Waals surface area contributed by atoms with Gasteiger partial charge in [-0.3, -0.25) is 4.79 Å². The van der Waals surface area contributed by atoms with Crippen LogP contribution in [0.4, 0.5) is 4.39 Å². The number of aliphatic carboxylic acids is 1. The molecule has 0 radical (unpaired) electrons. The minimum absolute atomic E-state index is 0.0618. The fourth-order valence-electron chi connectivity index (χ4n) is 1.53. The first-order valence-electron chi connectivity index (χ1n) is 4.86. The molecule has 4 nitrogen and oxygen atoms in total. The van der Waals surface area contributed by atoms with E-state index in [0.717, 1.165) is 18.2 Å². The summed E-state index contributed by atoms with van der Waals surface area (Å²) in [5.74, 6) is -3.22. The average Bonchev–Trinajstić information content (AvgIpc) is 2.16. The van der Waals surface area contributed by atoms with E-state index in [0.29, 0.717) is 0 Å². The van der Waals surface area contributed by atoms with Crippen LogP contribution in [-0.2, 0) is 4.79 Å². The maximum absolute atomic E-state index is 12.9. The molecule has 0 aromatic heterocycles. The van der Waals surface area contributed by atoms with E-state index < -0.39 is 23.8 Å². The van der Waals surface area contributed by atoms with Gasteiger partial charge in [-0.2, -0.15) is 0 Å². The predicted molar refractivity (Wildman–Crippen MR) is 54.4 cm³/mol. The van der Waals surface area contributed by atoms with Crippen molar-refractivity contribution in [2.45, 2.75) is 19.4 Å². The Kier molecular flexibility index (Phi) is 3.84. The van der Waals surface area contributed by atoms with E-state index in [9.17, 15) is 14.3 Å². The Balaban J connectivity index is 3.02. The van der Waals surface area contributed by atoms with E-state index in [-0.39, 0.29) is 17.7 Å². The van der Waals surface area contributed by atoms with Gasteiger partial charge in [-0.25, -0.2) is 4.39 Å². The van der Waals surface area contributed by atoms with Gasteiger partial charge < -0.3 is 15.3 Å². The Morgan fingerprint density at radius 2 is 2.06 bits per heavy atom. The molecule has 5 heteroatoms. The zero-order valence-corrected chi connectivity index (χ0v) is 8.72. The minimum atomic E-state index is -1.33. The van der Waals surface area contributed by atoms with Gasteiger partial charge in [0.05, 0.1) is 12.0 Å². The predicted octanol–water partition coefficient (Wildman–Crippen LogP) is 1.68. The van der Waals surface area contributed by atoms with Crippen LogP contribution < -0.4 is 0 Å². The van der Waals surface area contributed by atoms with E-state index in [1.54, 1.807) is 6.92 Å². The molecule has 1 aromatic rings. The topological polar surface area (TPSA) is 77.8 Å². The molecule has 3 N–H and O–H groups in total. The molecular weight excluding hydrogens is 215 g/mol. The number of rotatable bonds is 4. The van der Waals surface area contributed by atoms with Crippen LogP contribution in [-0.4, -0.2) is 21.3 Å². The van der Waals surface area contributed by atoms with E-state index in [2.05, 4.69) is 0 Å². The van der Waals surface area contributed by atoms with Gasteiger partial charge in [-0.1, -0.05) is 6.92 Å². The minimum Gasteiger partial charge on any atom is -0.508 e. The molecule has 0 bridgehead atoms. The molecular formula is C11H13FO4. The fraction of sp³-hybridized carbons (Fsp3) is 0.364. The Hall–Kier alpha value is -1.62. The Labute approximate surface area is 92.0 Å². The molecule has 88 valence electrons. The van der Waals surface area contributed by atoms with E-state index in [1.807, 2.05) is 0 Å². The summed E-state index contributed by atoms with van der Waals surface area (Å²) in [4.78, 5) is 10.8. The smallest absolute Gasteiger partial charge is 0.309 e. The highest BCUT2D eigenvalue weighted by molar-refractivity contribution is 5.71. The lowest BCUT2D eigenvalue weighted by molar-refractivity contribution is -0.146. The van der Waals surface area contributed by atoms with Crippen LogP contribution in [0.2, 0.25) is 0 Å². The third kappa shape index (κ3) is 2.70. The summed E-state index contributed by atoms with van der Waals surface area (Å²) in [6.07, 6.45) is -1.11. The molecule has 0 aliphatic rings. The standard InChI is InChI=1S/C11H13FO4/c1-2-9(11(15)16)10(14)6-3-7(12)5-8(13)4-6/h3-5,9-10,13-14H,2H2,1H3,(H,15,16). The van der Waals surface area contributed by atoms with Crippen molar-refractivity contribution in [3.63, 3.8) is 0 Å². The maximum atomic E-state index is 12.9. The first-order chi connectivity index (χ1) is 7.45. The highest BCUT2D eigenvalue weighted by atomic mass is 19.1. The SMILES string of the molecule is CCC(C(=O)O)C(O)c1cc(O)cc(F)c1.